The number of allylic oxidation sites excluding steroid dienone is 1. The van der Waals surface area contributed by atoms with Crippen molar-refractivity contribution in [3.8, 4) is 11.5 Å². The van der Waals surface area contributed by atoms with E-state index < -0.39 is 24.1 Å². The molecule has 4 rings (SSSR count). The maximum atomic E-state index is 13.9. The minimum atomic E-state index is -0.806. The van der Waals surface area contributed by atoms with Crippen molar-refractivity contribution >= 4 is 29.4 Å². The molecule has 1 aromatic heterocycles. The first-order valence-electron chi connectivity index (χ1n) is 13.0. The Kier molecular flexibility index (Phi) is 9.74. The van der Waals surface area contributed by atoms with Crippen LogP contribution in [0.4, 0.5) is 0 Å². The molecule has 41 heavy (non-hydrogen) atoms. The Morgan fingerprint density at radius 2 is 1.80 bits per heavy atom. The molecule has 0 saturated carbocycles. The average Bonchev–Trinajstić information content (AvgIpc) is 3.27. The number of rotatable bonds is 11. The summed E-state index contributed by atoms with van der Waals surface area (Å²) in [6, 6.07) is 13.4. The van der Waals surface area contributed by atoms with Gasteiger partial charge in [0.2, 0.25) is 0 Å². The Bertz CT molecular complexity index is 1620. The zero-order valence-corrected chi connectivity index (χ0v) is 24.4. The predicted molar refractivity (Wildman–Crippen MR) is 153 cm³/mol. The number of aromatic nitrogens is 1. The number of fused-ring (bicyclic) bond motifs is 1. The highest BCUT2D eigenvalue weighted by atomic mass is 32.1. The highest BCUT2D eigenvalue weighted by molar-refractivity contribution is 7.07. The summed E-state index contributed by atoms with van der Waals surface area (Å²) in [4.78, 5) is 44.1. The van der Waals surface area contributed by atoms with Crippen molar-refractivity contribution in [3.05, 3.63) is 90.6 Å². The average molecular weight is 581 g/mol. The van der Waals surface area contributed by atoms with Crippen LogP contribution in [0.25, 0.3) is 6.08 Å². The van der Waals surface area contributed by atoms with E-state index in [-0.39, 0.29) is 31.0 Å². The van der Waals surface area contributed by atoms with Crippen molar-refractivity contribution in [1.82, 2.24) is 4.57 Å². The Labute approximate surface area is 241 Å². The zero-order chi connectivity index (χ0) is 29.5. The first kappa shape index (κ1) is 29.8. The summed E-state index contributed by atoms with van der Waals surface area (Å²) in [5, 5.41) is 0. The molecule has 0 N–H and O–H groups in total. The lowest BCUT2D eigenvalue weighted by atomic mass is 9.95. The summed E-state index contributed by atoms with van der Waals surface area (Å²) in [7, 11) is 3.06. The molecule has 0 saturated heterocycles. The van der Waals surface area contributed by atoms with Gasteiger partial charge in [0.1, 0.15) is 24.1 Å². The Hall–Kier alpha value is -4.22. The third kappa shape index (κ3) is 6.58. The molecule has 3 aromatic rings. The fraction of sp³-hybridized carbons (Fsp3) is 0.333. The van der Waals surface area contributed by atoms with Crippen LogP contribution >= 0.6 is 11.3 Å². The summed E-state index contributed by atoms with van der Waals surface area (Å²) >= 11 is 1.22. The lowest BCUT2D eigenvalue weighted by molar-refractivity contribution is -0.150. The van der Waals surface area contributed by atoms with Crippen LogP contribution in [-0.4, -0.2) is 56.6 Å². The minimum absolute atomic E-state index is 0.0630. The molecule has 1 aliphatic rings. The van der Waals surface area contributed by atoms with Crippen LogP contribution in [0.5, 0.6) is 11.5 Å². The van der Waals surface area contributed by atoms with Crippen molar-refractivity contribution in [2.45, 2.75) is 32.9 Å². The lowest BCUT2D eigenvalue weighted by Crippen LogP contribution is -2.40. The summed E-state index contributed by atoms with van der Waals surface area (Å²) in [5.41, 5.74) is 1.77. The van der Waals surface area contributed by atoms with E-state index in [0.717, 1.165) is 5.56 Å². The fourth-order valence-electron chi connectivity index (χ4n) is 4.37. The summed E-state index contributed by atoms with van der Waals surface area (Å²) in [5.74, 6) is -0.00940. The van der Waals surface area contributed by atoms with Crippen LogP contribution in [-0.2, 0) is 23.8 Å². The van der Waals surface area contributed by atoms with E-state index in [2.05, 4.69) is 4.99 Å². The molecule has 0 spiro atoms. The second kappa shape index (κ2) is 13.4. The quantitative estimate of drug-likeness (QED) is 0.251. The highest BCUT2D eigenvalue weighted by Crippen LogP contribution is 2.35. The predicted octanol–water partition coefficient (Wildman–Crippen LogP) is 2.76. The topological polar surface area (TPSA) is 115 Å². The third-order valence-corrected chi connectivity index (χ3v) is 7.29. The molecule has 2 aromatic carbocycles. The van der Waals surface area contributed by atoms with Crippen molar-refractivity contribution < 1.29 is 33.3 Å². The summed E-state index contributed by atoms with van der Waals surface area (Å²) < 4.78 is 28.6. The van der Waals surface area contributed by atoms with Gasteiger partial charge in [-0.15, -0.1) is 0 Å². The molecule has 2 heterocycles. The second-order valence-electron chi connectivity index (χ2n) is 9.03. The number of carbonyl (C=O) groups is 2. The second-order valence-corrected chi connectivity index (χ2v) is 10.0. The van der Waals surface area contributed by atoms with E-state index >= 15 is 0 Å². The standard InChI is InChI=1S/C30H32N2O8S/c1-6-38-28(34)19(3)40-21-13-11-20(12-14-21)17-24-27(33)32-26(22-9-7-8-10-23(22)37-5)25(18(2)31-30(32)41-24)29(35)39-16-15-36-4/h7-14,17,19,26H,6,15-16H2,1-5H3. The Morgan fingerprint density at radius 1 is 1.07 bits per heavy atom. The monoisotopic (exact) mass is 580 g/mol. The number of para-hydroxylation sites is 1. The number of nitrogens with zero attached hydrogens (tertiary/aromatic N) is 2. The Balaban J connectivity index is 1.75. The fourth-order valence-corrected chi connectivity index (χ4v) is 5.42. The number of hydrogen-bond donors (Lipinski definition) is 0. The van der Waals surface area contributed by atoms with Crippen LogP contribution in [0.3, 0.4) is 0 Å². The van der Waals surface area contributed by atoms with Gasteiger partial charge in [-0.05, 0) is 50.6 Å². The van der Waals surface area contributed by atoms with E-state index in [9.17, 15) is 14.4 Å². The van der Waals surface area contributed by atoms with Crippen molar-refractivity contribution in [3.63, 3.8) is 0 Å². The first-order valence-corrected chi connectivity index (χ1v) is 13.9. The number of benzene rings is 2. The van der Waals surface area contributed by atoms with E-state index in [1.54, 1.807) is 57.2 Å². The molecule has 216 valence electrons. The normalized spacial score (nSPS) is 15.5. The largest absolute Gasteiger partial charge is 0.496 e. The minimum Gasteiger partial charge on any atom is -0.496 e. The number of hydrogen-bond acceptors (Lipinski definition) is 10. The number of ether oxygens (including phenoxy) is 5. The molecule has 0 radical (unpaired) electrons. The van der Waals surface area contributed by atoms with E-state index in [1.165, 1.54) is 30.1 Å². The smallest absolute Gasteiger partial charge is 0.347 e. The van der Waals surface area contributed by atoms with Gasteiger partial charge in [-0.2, -0.15) is 0 Å². The molecule has 2 unspecified atom stereocenters. The molecule has 10 nitrogen and oxygen atoms in total. The van der Waals surface area contributed by atoms with Crippen molar-refractivity contribution in [2.24, 2.45) is 4.99 Å². The van der Waals surface area contributed by atoms with Gasteiger partial charge in [-0.25, -0.2) is 14.6 Å². The van der Waals surface area contributed by atoms with Gasteiger partial charge < -0.3 is 23.7 Å². The van der Waals surface area contributed by atoms with E-state index in [1.807, 2.05) is 18.2 Å². The molecule has 0 fully saturated rings. The Morgan fingerprint density at radius 3 is 2.49 bits per heavy atom. The summed E-state index contributed by atoms with van der Waals surface area (Å²) in [6.45, 7) is 5.66. The number of thiazole rings is 1. The molecule has 0 aliphatic carbocycles. The van der Waals surface area contributed by atoms with Gasteiger partial charge in [0.25, 0.3) is 5.56 Å². The van der Waals surface area contributed by atoms with E-state index in [4.69, 9.17) is 23.7 Å². The van der Waals surface area contributed by atoms with Gasteiger partial charge in [-0.3, -0.25) is 9.36 Å². The van der Waals surface area contributed by atoms with Crippen LogP contribution in [0, 0.1) is 0 Å². The molecule has 11 heteroatoms. The first-order chi connectivity index (χ1) is 19.8. The van der Waals surface area contributed by atoms with Gasteiger partial charge in [-0.1, -0.05) is 41.7 Å². The maximum Gasteiger partial charge on any atom is 0.347 e. The maximum absolute atomic E-state index is 13.9. The number of esters is 2. The highest BCUT2D eigenvalue weighted by Gasteiger charge is 2.35. The van der Waals surface area contributed by atoms with Gasteiger partial charge >= 0.3 is 11.9 Å². The van der Waals surface area contributed by atoms with Crippen molar-refractivity contribution in [2.75, 3.05) is 34.0 Å². The number of carbonyl (C=O) groups excluding carboxylic acids is 2. The molecular formula is C30H32N2O8S. The van der Waals surface area contributed by atoms with Crippen molar-refractivity contribution in [1.29, 1.82) is 0 Å². The van der Waals surface area contributed by atoms with Crippen LogP contribution in [0.1, 0.15) is 37.9 Å². The molecule has 0 amide bonds. The molecular weight excluding hydrogens is 548 g/mol. The molecule has 0 bridgehead atoms. The molecule has 2 atom stereocenters. The van der Waals surface area contributed by atoms with Crippen LogP contribution in [0.15, 0.2) is 69.6 Å². The van der Waals surface area contributed by atoms with Crippen LogP contribution < -0.4 is 24.4 Å². The molecule has 1 aliphatic heterocycles. The summed E-state index contributed by atoms with van der Waals surface area (Å²) in [6.07, 6.45) is 0.996. The SMILES string of the molecule is CCOC(=O)C(C)Oc1ccc(C=c2sc3n(c2=O)C(c2ccccc2OC)C(C(=O)OCCOC)=C(C)N=3)cc1. The lowest BCUT2D eigenvalue weighted by Gasteiger charge is -2.26. The van der Waals surface area contributed by atoms with Crippen LogP contribution in [0.2, 0.25) is 0 Å². The van der Waals surface area contributed by atoms with E-state index in [0.29, 0.717) is 32.1 Å². The third-order valence-electron chi connectivity index (χ3n) is 6.30. The number of methoxy groups -OCH3 is 2. The zero-order valence-electron chi connectivity index (χ0n) is 23.5. The van der Waals surface area contributed by atoms with Gasteiger partial charge in [0.15, 0.2) is 10.9 Å². The van der Waals surface area contributed by atoms with Gasteiger partial charge in [0, 0.05) is 12.7 Å². The van der Waals surface area contributed by atoms with Gasteiger partial charge in [0.05, 0.1) is 36.1 Å².